The van der Waals surface area contributed by atoms with Crippen molar-refractivity contribution >= 4 is 22.4 Å². The molecular weight excluding hydrogens is 364 g/mol. The zero-order valence-electron chi connectivity index (χ0n) is 15.8. The summed E-state index contributed by atoms with van der Waals surface area (Å²) in [6, 6.07) is 24.3. The van der Waals surface area contributed by atoms with Gasteiger partial charge in [-0.1, -0.05) is 60.7 Å². The van der Waals surface area contributed by atoms with E-state index in [1.807, 2.05) is 55.6 Å². The van der Waals surface area contributed by atoms with Crippen molar-refractivity contribution in [2.45, 2.75) is 13.8 Å². The number of hydrogen-bond acceptors (Lipinski definition) is 3. The van der Waals surface area contributed by atoms with E-state index in [0.29, 0.717) is 10.7 Å². The van der Waals surface area contributed by atoms with Crippen LogP contribution < -0.4 is 5.32 Å². The number of rotatable bonds is 4. The maximum absolute atomic E-state index is 12.5. The van der Waals surface area contributed by atoms with Gasteiger partial charge in [-0.3, -0.25) is 10.1 Å². The number of nitrogens with one attached hydrogen (secondary N) is 1. The van der Waals surface area contributed by atoms with E-state index in [0.717, 1.165) is 16.8 Å². The second kappa shape index (κ2) is 7.79. The number of thiazole rings is 1. The van der Waals surface area contributed by atoms with E-state index >= 15 is 0 Å². The fraction of sp³-hybridized carbons (Fsp3) is 0.0833. The Morgan fingerprint density at radius 3 is 2.21 bits per heavy atom. The number of amides is 1. The van der Waals surface area contributed by atoms with Crippen molar-refractivity contribution in [1.29, 1.82) is 0 Å². The number of carbonyl (C=O) groups excluding carboxylic acids is 1. The first-order chi connectivity index (χ1) is 13.6. The molecule has 0 bridgehead atoms. The SMILES string of the molecule is Cc1ccc(C(=O)Nc2nc(-c3ccc(-c4ccccc4)cc3)cs2)cc1C. The quantitative estimate of drug-likeness (QED) is 0.446. The molecule has 4 aromatic rings. The van der Waals surface area contributed by atoms with Crippen molar-refractivity contribution in [1.82, 2.24) is 4.98 Å². The largest absolute Gasteiger partial charge is 0.298 e. The van der Waals surface area contributed by atoms with Crippen molar-refractivity contribution in [3.63, 3.8) is 0 Å². The van der Waals surface area contributed by atoms with Crippen LogP contribution in [0.1, 0.15) is 21.5 Å². The molecule has 1 amide bonds. The molecule has 0 aliphatic heterocycles. The molecule has 1 heterocycles. The highest BCUT2D eigenvalue weighted by atomic mass is 32.1. The minimum absolute atomic E-state index is 0.136. The van der Waals surface area contributed by atoms with Gasteiger partial charge in [0.2, 0.25) is 0 Å². The Labute approximate surface area is 168 Å². The maximum Gasteiger partial charge on any atom is 0.257 e. The number of anilines is 1. The minimum Gasteiger partial charge on any atom is -0.298 e. The number of hydrogen-bond donors (Lipinski definition) is 1. The molecule has 0 saturated carbocycles. The van der Waals surface area contributed by atoms with Crippen molar-refractivity contribution in [3.8, 4) is 22.4 Å². The highest BCUT2D eigenvalue weighted by Crippen LogP contribution is 2.28. The number of nitrogens with zero attached hydrogens (tertiary/aromatic N) is 1. The lowest BCUT2D eigenvalue weighted by molar-refractivity contribution is 0.102. The molecule has 0 atom stereocenters. The zero-order chi connectivity index (χ0) is 19.5. The molecule has 0 fully saturated rings. The van der Waals surface area contributed by atoms with E-state index in [2.05, 4.69) is 46.7 Å². The molecule has 1 aromatic heterocycles. The Hall–Kier alpha value is -3.24. The second-order valence-electron chi connectivity index (χ2n) is 6.73. The smallest absolute Gasteiger partial charge is 0.257 e. The Kier molecular flexibility index (Phi) is 5.04. The molecule has 3 nitrogen and oxygen atoms in total. The first-order valence-electron chi connectivity index (χ1n) is 9.10. The van der Waals surface area contributed by atoms with Gasteiger partial charge in [0.1, 0.15) is 0 Å². The average Bonchev–Trinajstić information content (AvgIpc) is 3.19. The van der Waals surface area contributed by atoms with E-state index < -0.39 is 0 Å². The predicted molar refractivity (Wildman–Crippen MR) is 117 cm³/mol. The van der Waals surface area contributed by atoms with E-state index in [1.165, 1.54) is 28.0 Å². The summed E-state index contributed by atoms with van der Waals surface area (Å²) in [5, 5.41) is 5.47. The third-order valence-electron chi connectivity index (χ3n) is 4.78. The van der Waals surface area contributed by atoms with Gasteiger partial charge >= 0.3 is 0 Å². The summed E-state index contributed by atoms with van der Waals surface area (Å²) < 4.78 is 0. The molecule has 4 heteroatoms. The Morgan fingerprint density at radius 2 is 1.50 bits per heavy atom. The van der Waals surface area contributed by atoms with Crippen molar-refractivity contribution < 1.29 is 4.79 Å². The number of aromatic nitrogens is 1. The van der Waals surface area contributed by atoms with Crippen LogP contribution in [-0.2, 0) is 0 Å². The summed E-state index contributed by atoms with van der Waals surface area (Å²) in [6.07, 6.45) is 0. The molecule has 28 heavy (non-hydrogen) atoms. The highest BCUT2D eigenvalue weighted by molar-refractivity contribution is 7.14. The summed E-state index contributed by atoms with van der Waals surface area (Å²) in [6.45, 7) is 4.04. The Balaban J connectivity index is 1.49. The Morgan fingerprint density at radius 1 is 0.821 bits per heavy atom. The van der Waals surface area contributed by atoms with Crippen LogP contribution in [0.2, 0.25) is 0 Å². The van der Waals surface area contributed by atoms with Crippen LogP contribution in [0, 0.1) is 13.8 Å². The minimum atomic E-state index is -0.136. The fourth-order valence-corrected chi connectivity index (χ4v) is 3.69. The third-order valence-corrected chi connectivity index (χ3v) is 5.54. The molecule has 1 N–H and O–H groups in total. The van der Waals surface area contributed by atoms with Gasteiger partial charge in [-0.2, -0.15) is 0 Å². The lowest BCUT2D eigenvalue weighted by Gasteiger charge is -2.05. The fourth-order valence-electron chi connectivity index (χ4n) is 2.98. The molecule has 0 unspecified atom stereocenters. The van der Waals surface area contributed by atoms with Gasteiger partial charge in [0.15, 0.2) is 5.13 Å². The molecule has 3 aromatic carbocycles. The number of aryl methyl sites for hydroxylation is 2. The number of benzene rings is 3. The van der Waals surface area contributed by atoms with Crippen LogP contribution in [0.15, 0.2) is 78.2 Å². The molecule has 0 aliphatic rings. The van der Waals surface area contributed by atoms with E-state index in [-0.39, 0.29) is 5.91 Å². The van der Waals surface area contributed by atoms with Crippen molar-refractivity contribution in [2.75, 3.05) is 5.32 Å². The first-order valence-corrected chi connectivity index (χ1v) is 9.98. The average molecular weight is 385 g/mol. The molecule has 0 aliphatic carbocycles. The van der Waals surface area contributed by atoms with Crippen LogP contribution in [0.5, 0.6) is 0 Å². The Bertz CT molecular complexity index is 1120. The topological polar surface area (TPSA) is 42.0 Å². The van der Waals surface area contributed by atoms with Crippen LogP contribution in [0.4, 0.5) is 5.13 Å². The zero-order valence-corrected chi connectivity index (χ0v) is 16.6. The van der Waals surface area contributed by atoms with Crippen molar-refractivity contribution in [3.05, 3.63) is 94.9 Å². The summed E-state index contributed by atoms with van der Waals surface area (Å²) in [7, 11) is 0. The number of carbonyl (C=O) groups is 1. The van der Waals surface area contributed by atoms with Gasteiger partial charge in [-0.05, 0) is 48.2 Å². The van der Waals surface area contributed by atoms with Crippen LogP contribution in [-0.4, -0.2) is 10.9 Å². The van der Waals surface area contributed by atoms with Gasteiger partial charge in [0.25, 0.3) is 5.91 Å². The normalized spacial score (nSPS) is 10.6. The highest BCUT2D eigenvalue weighted by Gasteiger charge is 2.11. The second-order valence-corrected chi connectivity index (χ2v) is 7.59. The monoisotopic (exact) mass is 384 g/mol. The van der Waals surface area contributed by atoms with E-state index in [1.54, 1.807) is 0 Å². The lowest BCUT2D eigenvalue weighted by atomic mass is 10.0. The molecule has 4 rings (SSSR count). The van der Waals surface area contributed by atoms with E-state index in [9.17, 15) is 4.79 Å². The maximum atomic E-state index is 12.5. The van der Waals surface area contributed by atoms with Gasteiger partial charge < -0.3 is 0 Å². The summed E-state index contributed by atoms with van der Waals surface area (Å²) in [4.78, 5) is 17.1. The van der Waals surface area contributed by atoms with Crippen molar-refractivity contribution in [2.24, 2.45) is 0 Å². The molecule has 138 valence electrons. The summed E-state index contributed by atoms with van der Waals surface area (Å²) in [5.74, 6) is -0.136. The first kappa shape index (κ1) is 18.1. The van der Waals surface area contributed by atoms with Gasteiger partial charge in [-0.25, -0.2) is 4.98 Å². The third kappa shape index (κ3) is 3.87. The van der Waals surface area contributed by atoms with Gasteiger partial charge in [0.05, 0.1) is 5.69 Å². The molecule has 0 radical (unpaired) electrons. The van der Waals surface area contributed by atoms with Gasteiger partial charge in [0, 0.05) is 16.5 Å². The summed E-state index contributed by atoms with van der Waals surface area (Å²) >= 11 is 1.43. The lowest BCUT2D eigenvalue weighted by Crippen LogP contribution is -2.12. The standard InChI is InChI=1S/C24H20N2OS/c1-16-8-9-21(14-17(16)2)23(27)26-24-25-22(15-28-24)20-12-10-19(11-13-20)18-6-4-3-5-7-18/h3-15H,1-2H3,(H,25,26,27). The molecular formula is C24H20N2OS. The predicted octanol–water partition coefficient (Wildman–Crippen LogP) is 6.35. The van der Waals surface area contributed by atoms with E-state index in [4.69, 9.17) is 0 Å². The van der Waals surface area contributed by atoms with Crippen LogP contribution in [0.25, 0.3) is 22.4 Å². The van der Waals surface area contributed by atoms with Crippen LogP contribution >= 0.6 is 11.3 Å². The van der Waals surface area contributed by atoms with Gasteiger partial charge in [-0.15, -0.1) is 11.3 Å². The van der Waals surface area contributed by atoms with Crippen LogP contribution in [0.3, 0.4) is 0 Å². The molecule has 0 saturated heterocycles. The summed E-state index contributed by atoms with van der Waals surface area (Å²) in [5.41, 5.74) is 7.17. The molecule has 0 spiro atoms.